The minimum atomic E-state index is -3.82. The molecule has 1 atom stereocenters. The fourth-order valence-electron chi connectivity index (χ4n) is 2.09. The first-order valence-electron chi connectivity index (χ1n) is 5.72. The molecule has 0 aliphatic carbocycles. The molecule has 100 valence electrons. The highest BCUT2D eigenvalue weighted by Gasteiger charge is 2.34. The summed E-state index contributed by atoms with van der Waals surface area (Å²) in [5, 5.41) is -0.489. The van der Waals surface area contributed by atoms with Crippen LogP contribution < -0.4 is 0 Å². The van der Waals surface area contributed by atoms with E-state index in [-0.39, 0.29) is 5.92 Å². The molecule has 4 nitrogen and oxygen atoms in total. The van der Waals surface area contributed by atoms with Crippen LogP contribution in [0.1, 0.15) is 12.8 Å². The Bertz CT molecular complexity index is 524. The molecule has 1 aromatic heterocycles. The quantitative estimate of drug-likeness (QED) is 0.796. The van der Waals surface area contributed by atoms with Crippen LogP contribution in [-0.2, 0) is 10.0 Å². The fourth-order valence-corrected chi connectivity index (χ4v) is 3.90. The molecule has 1 saturated heterocycles. The van der Waals surface area contributed by atoms with Gasteiger partial charge in [0.15, 0.2) is 5.82 Å². The third-order valence-corrected chi connectivity index (χ3v) is 5.09. The van der Waals surface area contributed by atoms with Crippen LogP contribution in [0.4, 0.5) is 4.39 Å². The largest absolute Gasteiger partial charge is 0.263 e. The van der Waals surface area contributed by atoms with Gasteiger partial charge in [-0.25, -0.2) is 17.8 Å². The number of sulfonamides is 1. The summed E-state index contributed by atoms with van der Waals surface area (Å²) < 4.78 is 39.2. The van der Waals surface area contributed by atoms with E-state index in [1.54, 1.807) is 0 Å². The molecule has 1 aliphatic heterocycles. The van der Waals surface area contributed by atoms with Gasteiger partial charge in [0.1, 0.15) is 0 Å². The van der Waals surface area contributed by atoms with Gasteiger partial charge in [0.25, 0.3) is 10.0 Å². The number of aromatic nitrogens is 1. The summed E-state index contributed by atoms with van der Waals surface area (Å²) in [7, 11) is -3.82. The number of pyridine rings is 1. The molecule has 0 N–H and O–H groups in total. The summed E-state index contributed by atoms with van der Waals surface area (Å²) in [4.78, 5) is 3.63. The first kappa shape index (κ1) is 13.7. The maximum absolute atomic E-state index is 13.5. The topological polar surface area (TPSA) is 50.3 Å². The lowest BCUT2D eigenvalue weighted by Gasteiger charge is -2.15. The zero-order valence-corrected chi connectivity index (χ0v) is 11.3. The second kappa shape index (κ2) is 5.50. The second-order valence-electron chi connectivity index (χ2n) is 4.29. The van der Waals surface area contributed by atoms with Crippen LogP contribution in [0, 0.1) is 11.7 Å². The Morgan fingerprint density at radius 1 is 1.56 bits per heavy atom. The van der Waals surface area contributed by atoms with E-state index in [2.05, 4.69) is 4.98 Å². The minimum Gasteiger partial charge on any atom is -0.241 e. The van der Waals surface area contributed by atoms with Gasteiger partial charge in [-0.2, -0.15) is 4.31 Å². The molecule has 0 bridgehead atoms. The van der Waals surface area contributed by atoms with Crippen molar-refractivity contribution in [3.05, 3.63) is 24.1 Å². The Balaban J connectivity index is 2.21. The first-order valence-corrected chi connectivity index (χ1v) is 7.70. The predicted octanol–water partition coefficient (Wildman–Crippen LogP) is 1.86. The van der Waals surface area contributed by atoms with Gasteiger partial charge in [0.05, 0.1) is 0 Å². The smallest absolute Gasteiger partial charge is 0.241 e. The lowest BCUT2D eigenvalue weighted by molar-refractivity contribution is 0.444. The number of nitrogens with zero attached hydrogens (tertiary/aromatic N) is 2. The Labute approximate surface area is 111 Å². The van der Waals surface area contributed by atoms with Crippen LogP contribution >= 0.6 is 11.6 Å². The third-order valence-electron chi connectivity index (χ3n) is 3.07. The van der Waals surface area contributed by atoms with Crippen molar-refractivity contribution < 1.29 is 12.8 Å². The molecule has 0 amide bonds. The van der Waals surface area contributed by atoms with E-state index in [4.69, 9.17) is 11.6 Å². The summed E-state index contributed by atoms with van der Waals surface area (Å²) in [6.45, 7) is 0.797. The van der Waals surface area contributed by atoms with Crippen molar-refractivity contribution in [1.29, 1.82) is 0 Å². The lowest BCUT2D eigenvalue weighted by Crippen LogP contribution is -2.30. The van der Waals surface area contributed by atoms with E-state index in [9.17, 15) is 12.8 Å². The molecule has 0 spiro atoms. The van der Waals surface area contributed by atoms with E-state index in [1.807, 2.05) is 0 Å². The van der Waals surface area contributed by atoms with Gasteiger partial charge < -0.3 is 0 Å². The molecule has 2 rings (SSSR count). The van der Waals surface area contributed by atoms with Crippen LogP contribution in [0.2, 0.25) is 0 Å². The van der Waals surface area contributed by atoms with Crippen molar-refractivity contribution >= 4 is 21.6 Å². The number of alkyl halides is 1. The normalized spacial score (nSPS) is 21.3. The van der Waals surface area contributed by atoms with Crippen molar-refractivity contribution in [3.63, 3.8) is 0 Å². The van der Waals surface area contributed by atoms with E-state index in [0.717, 1.165) is 18.9 Å². The van der Waals surface area contributed by atoms with E-state index in [0.29, 0.717) is 19.0 Å². The fraction of sp³-hybridized carbons (Fsp3) is 0.545. The van der Waals surface area contributed by atoms with E-state index in [1.165, 1.54) is 16.6 Å². The van der Waals surface area contributed by atoms with Crippen LogP contribution in [0.3, 0.4) is 0 Å². The van der Waals surface area contributed by atoms with Gasteiger partial charge in [0, 0.05) is 25.2 Å². The Kier molecular flexibility index (Phi) is 4.19. The average Bonchev–Trinajstić information content (AvgIpc) is 2.79. The molecule has 7 heteroatoms. The van der Waals surface area contributed by atoms with Gasteiger partial charge >= 0.3 is 0 Å². The molecule has 1 unspecified atom stereocenters. The zero-order chi connectivity index (χ0) is 13.2. The number of hydrogen-bond donors (Lipinski definition) is 0. The van der Waals surface area contributed by atoms with Gasteiger partial charge in [0.2, 0.25) is 5.03 Å². The molecule has 18 heavy (non-hydrogen) atoms. The molecule has 1 aliphatic rings. The maximum atomic E-state index is 13.5. The minimum absolute atomic E-state index is 0.254. The lowest BCUT2D eigenvalue weighted by atomic mass is 10.1. The average molecular weight is 293 g/mol. The van der Waals surface area contributed by atoms with Crippen LogP contribution in [0.15, 0.2) is 23.4 Å². The molecule has 0 aromatic carbocycles. The van der Waals surface area contributed by atoms with Crippen LogP contribution in [0.5, 0.6) is 0 Å². The van der Waals surface area contributed by atoms with E-state index >= 15 is 0 Å². The van der Waals surface area contributed by atoms with Crippen LogP contribution in [0.25, 0.3) is 0 Å². The summed E-state index contributed by atoms with van der Waals surface area (Å²) in [6.07, 6.45) is 2.82. The van der Waals surface area contributed by atoms with Gasteiger partial charge in [-0.1, -0.05) is 0 Å². The highest BCUT2D eigenvalue weighted by Crippen LogP contribution is 2.26. The summed E-state index contributed by atoms with van der Waals surface area (Å²) >= 11 is 5.65. The molecule has 2 heterocycles. The zero-order valence-electron chi connectivity index (χ0n) is 9.72. The number of hydrogen-bond acceptors (Lipinski definition) is 3. The summed E-state index contributed by atoms with van der Waals surface area (Å²) in [6, 6.07) is 2.47. The molecule has 1 aromatic rings. The highest BCUT2D eigenvalue weighted by molar-refractivity contribution is 7.89. The Hall–Kier alpha value is -0.720. The van der Waals surface area contributed by atoms with Crippen molar-refractivity contribution in [1.82, 2.24) is 9.29 Å². The van der Waals surface area contributed by atoms with Crippen molar-refractivity contribution in [2.45, 2.75) is 17.9 Å². The molecular weight excluding hydrogens is 279 g/mol. The maximum Gasteiger partial charge on any atom is 0.263 e. The Morgan fingerprint density at radius 2 is 2.33 bits per heavy atom. The van der Waals surface area contributed by atoms with Gasteiger partial charge in [-0.3, -0.25) is 0 Å². The van der Waals surface area contributed by atoms with Crippen molar-refractivity contribution in [2.24, 2.45) is 5.92 Å². The first-order chi connectivity index (χ1) is 8.55. The van der Waals surface area contributed by atoms with E-state index < -0.39 is 20.9 Å². The molecular formula is C11H14ClFN2O2S. The molecule has 1 fully saturated rings. The van der Waals surface area contributed by atoms with Crippen molar-refractivity contribution in [2.75, 3.05) is 19.0 Å². The van der Waals surface area contributed by atoms with Gasteiger partial charge in [-0.15, -0.1) is 11.6 Å². The third kappa shape index (κ3) is 2.65. The van der Waals surface area contributed by atoms with Crippen molar-refractivity contribution in [3.8, 4) is 0 Å². The summed E-state index contributed by atoms with van der Waals surface area (Å²) in [5.41, 5.74) is 0. The van der Waals surface area contributed by atoms with Crippen LogP contribution in [-0.4, -0.2) is 36.7 Å². The molecule has 0 radical (unpaired) electrons. The molecule has 0 saturated carbocycles. The summed E-state index contributed by atoms with van der Waals surface area (Å²) in [5.74, 6) is -0.0430. The number of halogens is 2. The Morgan fingerprint density at radius 3 is 3.00 bits per heavy atom. The predicted molar refractivity (Wildman–Crippen MR) is 66.4 cm³/mol. The van der Waals surface area contributed by atoms with Gasteiger partial charge in [-0.05, 0) is 30.9 Å². The second-order valence-corrected chi connectivity index (χ2v) is 6.52. The monoisotopic (exact) mass is 292 g/mol. The SMILES string of the molecule is O=S(=O)(c1ncccc1F)N1CCC(CCCl)C1. The standard InChI is InChI=1S/C11H14ClFN2O2S/c12-5-3-9-4-7-15(8-9)18(16,17)11-10(13)2-1-6-14-11/h1-2,6,9H,3-5,7-8H2. The number of rotatable bonds is 4. The highest BCUT2D eigenvalue weighted by atomic mass is 35.5.